The number of fused-ring (bicyclic) bond motifs is 1. The lowest BCUT2D eigenvalue weighted by Gasteiger charge is -2.39. The largest absolute Gasteiger partial charge is 0.463 e. The van der Waals surface area contributed by atoms with Gasteiger partial charge < -0.3 is 10.1 Å². The van der Waals surface area contributed by atoms with Gasteiger partial charge in [0.1, 0.15) is 0 Å². The lowest BCUT2D eigenvalue weighted by atomic mass is 9.91. The molecule has 1 aromatic heterocycles. The number of ether oxygens (including phenoxy) is 1. The van der Waals surface area contributed by atoms with Crippen molar-refractivity contribution in [2.24, 2.45) is 0 Å². The van der Waals surface area contributed by atoms with E-state index in [4.69, 9.17) is 4.74 Å². The van der Waals surface area contributed by atoms with Gasteiger partial charge in [-0.15, -0.1) is 0 Å². The normalized spacial score (nSPS) is 22.2. The molecule has 0 bridgehead atoms. The van der Waals surface area contributed by atoms with Crippen molar-refractivity contribution in [2.75, 3.05) is 6.61 Å². The fourth-order valence-corrected chi connectivity index (χ4v) is 5.72. The number of nitrogens with one attached hydrogen (secondary N) is 1. The summed E-state index contributed by atoms with van der Waals surface area (Å²) in [7, 11) is 0. The predicted molar refractivity (Wildman–Crippen MR) is 126 cm³/mol. The number of allylic oxidation sites excluding steroid dienone is 1. The number of amides is 1. The van der Waals surface area contributed by atoms with E-state index >= 15 is 0 Å². The molecule has 0 aliphatic carbocycles. The fraction of sp³-hybridized carbons (Fsp3) is 0.333. The minimum absolute atomic E-state index is 0.0825. The zero-order valence-corrected chi connectivity index (χ0v) is 19.7. The van der Waals surface area contributed by atoms with Crippen molar-refractivity contribution in [3.8, 4) is 0 Å². The molecule has 162 valence electrons. The number of thiophene rings is 1. The highest BCUT2D eigenvalue weighted by molar-refractivity contribution is 8.05. The first kappa shape index (κ1) is 21.7. The number of carbonyl (C=O) groups is 2. The number of hydrogen-bond acceptors (Lipinski definition) is 6. The summed E-state index contributed by atoms with van der Waals surface area (Å²) in [6.07, 6.45) is 1.92. The Morgan fingerprint density at radius 3 is 2.61 bits per heavy atom. The SMILES string of the molecule is CCOC(=O)C1=C(C)NC2SC(=Cc3ccsc3)C(=O)N2C1c1ccc(C(C)C)cc1. The quantitative estimate of drug-likeness (QED) is 0.494. The fourth-order valence-electron chi connectivity index (χ4n) is 3.89. The van der Waals surface area contributed by atoms with Crippen LogP contribution in [0.3, 0.4) is 0 Å². The molecule has 0 saturated carbocycles. The predicted octanol–water partition coefficient (Wildman–Crippen LogP) is 5.25. The maximum absolute atomic E-state index is 13.5. The highest BCUT2D eigenvalue weighted by Crippen LogP contribution is 2.46. The van der Waals surface area contributed by atoms with Gasteiger partial charge in [-0.25, -0.2) is 4.79 Å². The number of rotatable bonds is 5. The molecule has 7 heteroatoms. The van der Waals surface area contributed by atoms with Gasteiger partial charge in [0, 0.05) is 5.70 Å². The number of hydrogen-bond donors (Lipinski definition) is 1. The van der Waals surface area contributed by atoms with Crippen LogP contribution in [0.1, 0.15) is 56.3 Å². The molecule has 1 N–H and O–H groups in total. The second-order valence-corrected chi connectivity index (χ2v) is 9.78. The number of esters is 1. The number of carbonyl (C=O) groups excluding carboxylic acids is 2. The van der Waals surface area contributed by atoms with E-state index in [0.717, 1.165) is 16.8 Å². The van der Waals surface area contributed by atoms with Crippen LogP contribution in [0.4, 0.5) is 0 Å². The first-order valence-electron chi connectivity index (χ1n) is 10.4. The van der Waals surface area contributed by atoms with E-state index < -0.39 is 12.0 Å². The Morgan fingerprint density at radius 2 is 2.00 bits per heavy atom. The summed E-state index contributed by atoms with van der Waals surface area (Å²) >= 11 is 3.08. The van der Waals surface area contributed by atoms with Crippen LogP contribution in [0.15, 0.2) is 57.3 Å². The van der Waals surface area contributed by atoms with Crippen molar-refractivity contribution in [1.82, 2.24) is 10.2 Å². The lowest BCUT2D eigenvalue weighted by Crippen LogP contribution is -2.49. The van der Waals surface area contributed by atoms with Crippen LogP contribution >= 0.6 is 23.1 Å². The summed E-state index contributed by atoms with van der Waals surface area (Å²) in [4.78, 5) is 28.8. The Kier molecular flexibility index (Phi) is 6.25. The maximum Gasteiger partial charge on any atom is 0.338 e. The summed E-state index contributed by atoms with van der Waals surface area (Å²) < 4.78 is 5.37. The van der Waals surface area contributed by atoms with Gasteiger partial charge in [-0.3, -0.25) is 9.69 Å². The van der Waals surface area contributed by atoms with Gasteiger partial charge in [0.2, 0.25) is 0 Å². The number of nitrogens with zero attached hydrogens (tertiary/aromatic N) is 1. The summed E-state index contributed by atoms with van der Waals surface area (Å²) in [5.74, 6) is -0.0707. The molecule has 3 heterocycles. The van der Waals surface area contributed by atoms with E-state index in [1.807, 2.05) is 42.0 Å². The zero-order valence-electron chi connectivity index (χ0n) is 18.0. The minimum Gasteiger partial charge on any atom is -0.463 e. The van der Waals surface area contributed by atoms with Crippen molar-refractivity contribution >= 4 is 41.1 Å². The van der Waals surface area contributed by atoms with E-state index in [9.17, 15) is 9.59 Å². The van der Waals surface area contributed by atoms with Crippen LogP contribution in [-0.4, -0.2) is 28.9 Å². The van der Waals surface area contributed by atoms with Gasteiger partial charge in [-0.05, 0) is 59.4 Å². The highest BCUT2D eigenvalue weighted by atomic mass is 32.2. The van der Waals surface area contributed by atoms with Gasteiger partial charge in [0.25, 0.3) is 5.91 Å². The first-order chi connectivity index (χ1) is 14.9. The van der Waals surface area contributed by atoms with Gasteiger partial charge in [0.15, 0.2) is 5.50 Å². The smallest absolute Gasteiger partial charge is 0.338 e. The van der Waals surface area contributed by atoms with Gasteiger partial charge >= 0.3 is 5.97 Å². The molecule has 1 saturated heterocycles. The Bertz CT molecular complexity index is 1040. The summed E-state index contributed by atoms with van der Waals surface area (Å²) in [5.41, 5.74) is 4.09. The van der Waals surface area contributed by atoms with E-state index in [2.05, 4.69) is 31.3 Å². The van der Waals surface area contributed by atoms with Gasteiger partial charge in [-0.2, -0.15) is 11.3 Å². The van der Waals surface area contributed by atoms with Crippen molar-refractivity contribution in [1.29, 1.82) is 0 Å². The van der Waals surface area contributed by atoms with Crippen molar-refractivity contribution < 1.29 is 14.3 Å². The molecule has 2 aliphatic heterocycles. The third kappa shape index (κ3) is 4.16. The molecule has 2 atom stereocenters. The molecule has 2 aliphatic rings. The van der Waals surface area contributed by atoms with Crippen LogP contribution in [0.2, 0.25) is 0 Å². The summed E-state index contributed by atoms with van der Waals surface area (Å²) in [6, 6.07) is 9.68. The summed E-state index contributed by atoms with van der Waals surface area (Å²) in [5, 5.41) is 7.35. The zero-order chi connectivity index (χ0) is 22.1. The molecule has 0 spiro atoms. The van der Waals surface area contributed by atoms with Crippen LogP contribution < -0.4 is 5.32 Å². The molecule has 4 rings (SSSR count). The monoisotopic (exact) mass is 454 g/mol. The number of thioether (sulfide) groups is 1. The molecule has 31 heavy (non-hydrogen) atoms. The lowest BCUT2D eigenvalue weighted by molar-refractivity contribution is -0.140. The van der Waals surface area contributed by atoms with Crippen LogP contribution in [0.25, 0.3) is 6.08 Å². The second kappa shape index (κ2) is 8.93. The topological polar surface area (TPSA) is 58.6 Å². The van der Waals surface area contributed by atoms with Crippen LogP contribution in [0.5, 0.6) is 0 Å². The van der Waals surface area contributed by atoms with Crippen molar-refractivity contribution in [2.45, 2.75) is 45.2 Å². The van der Waals surface area contributed by atoms with Crippen LogP contribution in [0, 0.1) is 0 Å². The van der Waals surface area contributed by atoms with Crippen molar-refractivity contribution in [3.05, 3.63) is 74.0 Å². The van der Waals surface area contributed by atoms with Crippen molar-refractivity contribution in [3.63, 3.8) is 0 Å². The molecular weight excluding hydrogens is 428 g/mol. The van der Waals surface area contributed by atoms with E-state index in [1.165, 1.54) is 17.3 Å². The third-order valence-electron chi connectivity index (χ3n) is 5.49. The number of benzene rings is 1. The summed E-state index contributed by atoms with van der Waals surface area (Å²) in [6.45, 7) is 8.24. The minimum atomic E-state index is -0.500. The molecule has 0 radical (unpaired) electrons. The molecule has 1 aromatic carbocycles. The highest BCUT2D eigenvalue weighted by Gasteiger charge is 2.47. The molecule has 5 nitrogen and oxygen atoms in total. The molecule has 2 unspecified atom stereocenters. The third-order valence-corrected chi connectivity index (χ3v) is 7.30. The van der Waals surface area contributed by atoms with E-state index in [-0.39, 0.29) is 18.0 Å². The average molecular weight is 455 g/mol. The average Bonchev–Trinajstić information content (AvgIpc) is 3.35. The first-order valence-corrected chi connectivity index (χ1v) is 12.2. The molecule has 1 amide bonds. The van der Waals surface area contributed by atoms with Crippen LogP contribution in [-0.2, 0) is 14.3 Å². The Labute approximate surface area is 191 Å². The Hall–Kier alpha value is -2.51. The van der Waals surface area contributed by atoms with E-state index in [1.54, 1.807) is 23.2 Å². The second-order valence-electron chi connectivity index (χ2n) is 7.88. The Morgan fingerprint density at radius 1 is 1.26 bits per heavy atom. The molecular formula is C24H26N2O3S2. The maximum atomic E-state index is 13.5. The van der Waals surface area contributed by atoms with E-state index in [0.29, 0.717) is 16.4 Å². The van der Waals surface area contributed by atoms with Gasteiger partial charge in [-0.1, -0.05) is 49.9 Å². The van der Waals surface area contributed by atoms with Gasteiger partial charge in [0.05, 0.1) is 23.1 Å². The molecule has 1 fully saturated rings. The Balaban J connectivity index is 1.78. The standard InChI is InChI=1S/C24H26N2O3S2/c1-5-29-23(28)20-15(4)25-24-26(21(20)18-8-6-17(7-9-18)14(2)3)22(27)19(31-24)12-16-10-11-30-13-16/h6-14,21,24-25H,5H2,1-4H3. The molecule has 2 aromatic rings.